The molecule has 0 fully saturated rings. The van der Waals surface area contributed by atoms with Crippen molar-refractivity contribution < 1.29 is 29.3 Å². The van der Waals surface area contributed by atoms with E-state index >= 15 is 0 Å². The first kappa shape index (κ1) is 35.1. The first-order valence-electron chi connectivity index (χ1n) is 17.6. The van der Waals surface area contributed by atoms with E-state index in [9.17, 15) is 19.8 Å². The van der Waals surface area contributed by atoms with Gasteiger partial charge < -0.3 is 35.6 Å². The molecular weight excluding hydrogens is 672 g/mol. The molecule has 2 heterocycles. The second kappa shape index (κ2) is 16.4. The third-order valence-electron chi connectivity index (χ3n) is 9.21. The van der Waals surface area contributed by atoms with Crippen LogP contribution in [0.5, 0.6) is 23.0 Å². The molecular formula is C41H40N6O6. The van der Waals surface area contributed by atoms with Gasteiger partial charge in [-0.2, -0.15) is 5.11 Å². The molecule has 270 valence electrons. The summed E-state index contributed by atoms with van der Waals surface area (Å²) < 4.78 is 12.6. The van der Waals surface area contributed by atoms with Gasteiger partial charge in [-0.15, -0.1) is 5.11 Å². The van der Waals surface area contributed by atoms with E-state index < -0.39 is 0 Å². The summed E-state index contributed by atoms with van der Waals surface area (Å²) in [5, 5.41) is 41.4. The Kier molecular flexibility index (Phi) is 10.9. The number of nitrogens with zero attached hydrogens (tertiary/aromatic N) is 3. The Hall–Kier alpha value is -6.27. The molecule has 0 radical (unpaired) electrons. The van der Waals surface area contributed by atoms with Crippen molar-refractivity contribution in [3.8, 4) is 23.0 Å². The van der Waals surface area contributed by atoms with Gasteiger partial charge in [-0.1, -0.05) is 54.6 Å². The summed E-state index contributed by atoms with van der Waals surface area (Å²) in [6.07, 6.45) is 4.37. The molecule has 2 amide bonds. The highest BCUT2D eigenvalue weighted by molar-refractivity contribution is 5.78. The maximum atomic E-state index is 13.0. The van der Waals surface area contributed by atoms with Gasteiger partial charge in [-0.25, -0.2) is 0 Å². The minimum Gasteiger partial charge on any atom is -0.507 e. The number of carbonyl (C=O) groups is 2. The molecule has 0 saturated carbocycles. The molecule has 5 N–H and O–H groups in total. The van der Waals surface area contributed by atoms with Crippen LogP contribution in [0.4, 0.5) is 11.4 Å². The van der Waals surface area contributed by atoms with Crippen LogP contribution in [0.3, 0.4) is 0 Å². The van der Waals surface area contributed by atoms with Crippen LogP contribution < -0.4 is 25.4 Å². The molecule has 10 bridgehead atoms. The Morgan fingerprint density at radius 2 is 1.00 bits per heavy atom. The number of benzene rings is 4. The number of rotatable bonds is 2. The monoisotopic (exact) mass is 712 g/mol. The van der Waals surface area contributed by atoms with Gasteiger partial charge in [0.05, 0.1) is 11.9 Å². The normalized spacial score (nSPS) is 15.5. The third kappa shape index (κ3) is 8.62. The molecule has 53 heavy (non-hydrogen) atoms. The summed E-state index contributed by atoms with van der Waals surface area (Å²) in [6.45, 7) is 1.26. The van der Waals surface area contributed by atoms with Crippen LogP contribution in [0.1, 0.15) is 44.5 Å². The van der Waals surface area contributed by atoms with E-state index in [1.807, 2.05) is 54.6 Å². The lowest BCUT2D eigenvalue weighted by Gasteiger charge is -2.21. The van der Waals surface area contributed by atoms with Crippen LogP contribution in [0.15, 0.2) is 101 Å². The molecule has 0 unspecified atom stereocenters. The van der Waals surface area contributed by atoms with Gasteiger partial charge in [0, 0.05) is 69.2 Å². The molecule has 0 spiro atoms. The number of carbonyl (C=O) groups excluding carboxylic acids is 2. The average molecular weight is 713 g/mol. The van der Waals surface area contributed by atoms with Crippen molar-refractivity contribution in [2.75, 3.05) is 39.4 Å². The molecule has 2 aliphatic rings. The van der Waals surface area contributed by atoms with Crippen molar-refractivity contribution in [2.24, 2.45) is 10.2 Å². The maximum Gasteiger partial charge on any atom is 0.257 e. The predicted molar refractivity (Wildman–Crippen MR) is 199 cm³/mol. The lowest BCUT2D eigenvalue weighted by atomic mass is 9.91. The van der Waals surface area contributed by atoms with Crippen molar-refractivity contribution in [2.45, 2.75) is 25.7 Å². The molecule has 1 aliphatic carbocycles. The van der Waals surface area contributed by atoms with E-state index in [4.69, 9.17) is 9.47 Å². The van der Waals surface area contributed by atoms with Crippen LogP contribution >= 0.6 is 0 Å². The fraction of sp³-hybridized carbons (Fsp3) is 0.244. The highest BCUT2D eigenvalue weighted by atomic mass is 16.5. The number of amides is 2. The fourth-order valence-corrected chi connectivity index (χ4v) is 6.63. The molecule has 1 aromatic heterocycles. The summed E-state index contributed by atoms with van der Waals surface area (Å²) in [7, 11) is 0. The standard InChI is InChI=1S/C41H40N6O6/c48-36-24-52-40-28-7-2-9-30(40)19-32-21-35(47-46-34-11-4-12-43-23-34)22-33(39(32)51)20-31-10-3-8-29(18-27-6-1-5-26(17-28)38(27)50)41(31)53-25-37(49)45-16-14-42-13-15-44-36/h1-12,21-23,42,50-51H,13-20,24-25H2,(H,44,48)(H,45,49). The second-order valence-electron chi connectivity index (χ2n) is 13.0. The fourth-order valence-electron chi connectivity index (χ4n) is 6.63. The van der Waals surface area contributed by atoms with E-state index in [1.165, 1.54) is 0 Å². The van der Waals surface area contributed by atoms with Gasteiger partial charge >= 0.3 is 0 Å². The van der Waals surface area contributed by atoms with Crippen LogP contribution in [-0.2, 0) is 35.3 Å². The topological polar surface area (TPSA) is 167 Å². The third-order valence-corrected chi connectivity index (χ3v) is 9.21. The van der Waals surface area contributed by atoms with Crippen LogP contribution in [-0.4, -0.2) is 66.4 Å². The number of fused-ring (bicyclic) bond motifs is 2. The highest BCUT2D eigenvalue weighted by Crippen LogP contribution is 2.39. The Morgan fingerprint density at radius 1 is 0.547 bits per heavy atom. The lowest BCUT2D eigenvalue weighted by molar-refractivity contribution is -0.123. The minimum absolute atomic E-state index is 0.0677. The van der Waals surface area contributed by atoms with E-state index in [0.29, 0.717) is 84.1 Å². The van der Waals surface area contributed by atoms with Crippen LogP contribution in [0.25, 0.3) is 0 Å². The lowest BCUT2D eigenvalue weighted by Crippen LogP contribution is -2.38. The molecule has 1 aliphatic heterocycles. The highest BCUT2D eigenvalue weighted by Gasteiger charge is 2.22. The largest absolute Gasteiger partial charge is 0.507 e. The smallest absolute Gasteiger partial charge is 0.257 e. The van der Waals surface area contributed by atoms with Gasteiger partial charge in [0.2, 0.25) is 0 Å². The second-order valence-corrected chi connectivity index (χ2v) is 13.0. The number of nitrogens with one attached hydrogen (secondary N) is 3. The van der Waals surface area contributed by atoms with E-state index in [2.05, 4.69) is 31.2 Å². The molecule has 12 heteroatoms. The molecule has 7 rings (SSSR count). The molecule has 0 saturated heterocycles. The van der Waals surface area contributed by atoms with Gasteiger partial charge in [0.1, 0.15) is 28.7 Å². The van der Waals surface area contributed by atoms with Crippen molar-refractivity contribution in [1.29, 1.82) is 0 Å². The number of phenolic OH excluding ortho intramolecular Hbond substituents is 2. The van der Waals surface area contributed by atoms with Crippen LogP contribution in [0, 0.1) is 0 Å². The molecule has 0 atom stereocenters. The SMILES string of the molecule is O=C1COc2c3cccc2Cc2cc(N=Nc4cccnc4)cc(c2O)Cc2cccc(c2OCC(=O)NCCNCCN1)Cc1cccc(c1O)C3. The number of ether oxygens (including phenoxy) is 2. The summed E-state index contributed by atoms with van der Waals surface area (Å²) in [4.78, 5) is 30.1. The number of hydrogen-bond donors (Lipinski definition) is 5. The van der Waals surface area contributed by atoms with Crippen molar-refractivity contribution in [3.63, 3.8) is 0 Å². The number of azo groups is 1. The first-order chi connectivity index (χ1) is 25.9. The zero-order chi connectivity index (χ0) is 36.6. The van der Waals surface area contributed by atoms with E-state index in [1.54, 1.807) is 36.7 Å². The van der Waals surface area contributed by atoms with E-state index in [0.717, 1.165) is 22.3 Å². The Morgan fingerprint density at radius 3 is 1.49 bits per heavy atom. The molecule has 4 aromatic carbocycles. The van der Waals surface area contributed by atoms with E-state index in [-0.39, 0.29) is 49.4 Å². The van der Waals surface area contributed by atoms with Gasteiger partial charge in [-0.05, 0) is 57.6 Å². The number of pyridine rings is 1. The van der Waals surface area contributed by atoms with Gasteiger partial charge in [0.25, 0.3) is 11.8 Å². The summed E-state index contributed by atoms with van der Waals surface area (Å²) in [6, 6.07) is 24.2. The summed E-state index contributed by atoms with van der Waals surface area (Å²) in [5.41, 5.74) is 6.58. The zero-order valence-corrected chi connectivity index (χ0v) is 29.1. The number of phenols is 2. The Bertz CT molecular complexity index is 2040. The van der Waals surface area contributed by atoms with Gasteiger partial charge in [0.15, 0.2) is 13.2 Å². The number of para-hydroxylation sites is 3. The quantitative estimate of drug-likeness (QED) is 0.153. The van der Waals surface area contributed by atoms with Crippen molar-refractivity contribution >= 4 is 23.2 Å². The maximum absolute atomic E-state index is 13.0. The Balaban J connectivity index is 1.41. The summed E-state index contributed by atoms with van der Waals surface area (Å²) >= 11 is 0. The number of aromatic hydroxyl groups is 2. The van der Waals surface area contributed by atoms with Crippen molar-refractivity contribution in [3.05, 3.63) is 136 Å². The van der Waals surface area contributed by atoms with Crippen molar-refractivity contribution in [1.82, 2.24) is 20.9 Å². The Labute approximate surface area is 306 Å². The summed E-state index contributed by atoms with van der Waals surface area (Å²) in [5.74, 6) is 0.612. The average Bonchev–Trinajstić information content (AvgIpc) is 3.16. The zero-order valence-electron chi connectivity index (χ0n) is 29.1. The predicted octanol–water partition coefficient (Wildman–Crippen LogP) is 5.18. The molecule has 5 aromatic rings. The number of aromatic nitrogens is 1. The minimum atomic E-state index is -0.299. The molecule has 12 nitrogen and oxygen atoms in total. The van der Waals surface area contributed by atoms with Crippen LogP contribution in [0.2, 0.25) is 0 Å². The first-order valence-corrected chi connectivity index (χ1v) is 17.6. The van der Waals surface area contributed by atoms with Gasteiger partial charge in [-0.3, -0.25) is 14.6 Å². The number of hydrogen-bond acceptors (Lipinski definition) is 10.